The summed E-state index contributed by atoms with van der Waals surface area (Å²) in [6, 6.07) is 14.8. The van der Waals surface area contributed by atoms with Crippen LogP contribution in [0.4, 0.5) is 25.0 Å². The van der Waals surface area contributed by atoms with Crippen LogP contribution in [-0.4, -0.2) is 44.1 Å². The van der Waals surface area contributed by atoms with Crippen LogP contribution in [0.1, 0.15) is 22.3 Å². The minimum absolute atomic E-state index is 0.229. The fourth-order valence-corrected chi connectivity index (χ4v) is 4.01. The quantitative estimate of drug-likeness (QED) is 0.512. The van der Waals surface area contributed by atoms with E-state index in [0.29, 0.717) is 55.0 Å². The van der Waals surface area contributed by atoms with Crippen LogP contribution in [0, 0.1) is 11.6 Å². The largest absolute Gasteiger partial charge is 0.497 e. The average molecular weight is 481 g/mol. The Balaban J connectivity index is 1.56. The highest BCUT2D eigenvalue weighted by Crippen LogP contribution is 2.30. The molecular weight excluding hydrogens is 456 g/mol. The van der Waals surface area contributed by atoms with Gasteiger partial charge in [-0.3, -0.25) is 9.69 Å². The second-order valence-corrected chi connectivity index (χ2v) is 8.03. The predicted molar refractivity (Wildman–Crippen MR) is 128 cm³/mol. The van der Waals surface area contributed by atoms with E-state index >= 15 is 0 Å². The van der Waals surface area contributed by atoms with Gasteiger partial charge in [-0.1, -0.05) is 12.1 Å². The third-order valence-corrected chi connectivity index (χ3v) is 5.71. The first kappa shape index (κ1) is 24.0. The predicted octanol–water partition coefficient (Wildman–Crippen LogP) is 5.07. The van der Waals surface area contributed by atoms with E-state index < -0.39 is 17.5 Å². The minimum Gasteiger partial charge on any atom is -0.497 e. The molecule has 0 spiro atoms. The fourth-order valence-electron chi connectivity index (χ4n) is 4.01. The summed E-state index contributed by atoms with van der Waals surface area (Å²) in [6.07, 6.45) is 0.710. The highest BCUT2D eigenvalue weighted by atomic mass is 19.1. The van der Waals surface area contributed by atoms with Crippen molar-refractivity contribution < 1.29 is 27.8 Å². The molecule has 4 rings (SSSR count). The van der Waals surface area contributed by atoms with Crippen molar-refractivity contribution in [2.45, 2.75) is 13.0 Å². The van der Waals surface area contributed by atoms with Gasteiger partial charge in [0.05, 0.1) is 31.2 Å². The number of hydrogen-bond donors (Lipinski definition) is 1. The second kappa shape index (κ2) is 10.4. The Morgan fingerprint density at radius 1 is 0.971 bits per heavy atom. The van der Waals surface area contributed by atoms with E-state index in [-0.39, 0.29) is 11.6 Å². The molecule has 0 unspecified atom stereocenters. The van der Waals surface area contributed by atoms with Gasteiger partial charge in [0.2, 0.25) is 0 Å². The lowest BCUT2D eigenvalue weighted by molar-refractivity contribution is 0.102. The number of ether oxygens (including phenoxy) is 2. The van der Waals surface area contributed by atoms with Crippen LogP contribution in [0.2, 0.25) is 0 Å². The number of carbonyl (C=O) groups is 2. The number of para-hydroxylation sites is 2. The monoisotopic (exact) mass is 481 g/mol. The molecule has 182 valence electrons. The summed E-state index contributed by atoms with van der Waals surface area (Å²) in [7, 11) is 3.13. The molecule has 1 heterocycles. The second-order valence-electron chi connectivity index (χ2n) is 8.03. The number of anilines is 2. The van der Waals surface area contributed by atoms with Crippen molar-refractivity contribution in [2.75, 3.05) is 37.5 Å². The van der Waals surface area contributed by atoms with Gasteiger partial charge in [0, 0.05) is 31.8 Å². The van der Waals surface area contributed by atoms with Crippen molar-refractivity contribution in [3.8, 4) is 11.5 Å². The van der Waals surface area contributed by atoms with Gasteiger partial charge in [0.25, 0.3) is 5.91 Å². The van der Waals surface area contributed by atoms with E-state index in [0.717, 1.165) is 17.7 Å². The van der Waals surface area contributed by atoms with E-state index in [2.05, 4.69) is 5.32 Å². The highest BCUT2D eigenvalue weighted by Gasteiger charge is 2.29. The van der Waals surface area contributed by atoms with Gasteiger partial charge >= 0.3 is 6.03 Å². The first-order valence-electron chi connectivity index (χ1n) is 11.0. The van der Waals surface area contributed by atoms with Gasteiger partial charge in [0.1, 0.15) is 23.1 Å². The lowest BCUT2D eigenvalue weighted by Gasteiger charge is -2.36. The molecule has 0 atom stereocenters. The molecule has 3 amide bonds. The van der Waals surface area contributed by atoms with Gasteiger partial charge in [-0.2, -0.15) is 0 Å². The van der Waals surface area contributed by atoms with Crippen molar-refractivity contribution in [1.82, 2.24) is 4.90 Å². The number of carbonyl (C=O) groups excluding carboxylic acids is 2. The summed E-state index contributed by atoms with van der Waals surface area (Å²) in [5.74, 6) is -1.22. The average Bonchev–Trinajstić information content (AvgIpc) is 2.85. The number of nitrogens with one attached hydrogen (secondary N) is 1. The van der Waals surface area contributed by atoms with E-state index in [4.69, 9.17) is 9.47 Å². The topological polar surface area (TPSA) is 71.1 Å². The van der Waals surface area contributed by atoms with E-state index in [1.165, 1.54) is 0 Å². The molecule has 0 aromatic heterocycles. The Bertz CT molecular complexity index is 1230. The number of halogens is 2. The Morgan fingerprint density at radius 2 is 1.69 bits per heavy atom. The number of benzene rings is 3. The zero-order valence-electron chi connectivity index (χ0n) is 19.4. The van der Waals surface area contributed by atoms with E-state index in [1.54, 1.807) is 54.4 Å². The zero-order valence-corrected chi connectivity index (χ0v) is 19.4. The fraction of sp³-hybridized carbons (Fsp3) is 0.231. The zero-order chi connectivity index (χ0) is 24.9. The number of amides is 3. The van der Waals surface area contributed by atoms with Crippen molar-refractivity contribution in [1.29, 1.82) is 0 Å². The van der Waals surface area contributed by atoms with Crippen LogP contribution in [0.25, 0.3) is 0 Å². The maximum absolute atomic E-state index is 14.1. The summed E-state index contributed by atoms with van der Waals surface area (Å²) < 4.78 is 38.0. The van der Waals surface area contributed by atoms with Crippen molar-refractivity contribution in [3.05, 3.63) is 83.4 Å². The molecule has 1 aliphatic rings. The van der Waals surface area contributed by atoms with Crippen molar-refractivity contribution >= 4 is 23.3 Å². The normalized spacial score (nSPS) is 13.5. The smallest absolute Gasteiger partial charge is 0.324 e. The molecule has 3 aromatic carbocycles. The van der Waals surface area contributed by atoms with Gasteiger partial charge in [-0.25, -0.2) is 13.6 Å². The summed E-state index contributed by atoms with van der Waals surface area (Å²) in [6.45, 7) is 1.36. The summed E-state index contributed by atoms with van der Waals surface area (Å²) in [4.78, 5) is 29.4. The van der Waals surface area contributed by atoms with Crippen molar-refractivity contribution in [3.63, 3.8) is 0 Å². The van der Waals surface area contributed by atoms with Gasteiger partial charge in [-0.15, -0.1) is 0 Å². The number of rotatable bonds is 7. The number of nitrogens with zero attached hydrogens (tertiary/aromatic N) is 2. The molecule has 1 saturated heterocycles. The molecule has 1 N–H and O–H groups in total. The molecule has 1 aliphatic heterocycles. The lowest BCUT2D eigenvalue weighted by Crippen LogP contribution is -2.49. The Morgan fingerprint density at radius 3 is 2.37 bits per heavy atom. The third kappa shape index (κ3) is 5.34. The van der Waals surface area contributed by atoms with Gasteiger partial charge < -0.3 is 19.7 Å². The Kier molecular flexibility index (Phi) is 7.14. The maximum atomic E-state index is 14.1. The molecule has 0 radical (unpaired) electrons. The summed E-state index contributed by atoms with van der Waals surface area (Å²) >= 11 is 0. The first-order chi connectivity index (χ1) is 16.9. The SMILES string of the molecule is COc1cc(CN2CCCN(c3ccccc3NC(=O)c3ccc(F)cc3F)C2=O)cc(OC)c1. The molecule has 1 fully saturated rings. The van der Waals surface area contributed by atoms with Crippen LogP contribution < -0.4 is 19.7 Å². The number of hydrogen-bond acceptors (Lipinski definition) is 4. The minimum atomic E-state index is -0.964. The molecule has 0 aliphatic carbocycles. The lowest BCUT2D eigenvalue weighted by atomic mass is 10.1. The molecule has 35 heavy (non-hydrogen) atoms. The molecule has 9 heteroatoms. The molecule has 0 saturated carbocycles. The molecular formula is C26H25F2N3O4. The van der Waals surface area contributed by atoms with E-state index in [1.807, 2.05) is 12.1 Å². The number of urea groups is 1. The van der Waals surface area contributed by atoms with Gasteiger partial charge in [0.15, 0.2) is 0 Å². The van der Waals surface area contributed by atoms with Crippen LogP contribution in [0.15, 0.2) is 60.7 Å². The van der Waals surface area contributed by atoms with Crippen LogP contribution in [0.5, 0.6) is 11.5 Å². The molecule has 0 bridgehead atoms. The van der Waals surface area contributed by atoms with E-state index in [9.17, 15) is 18.4 Å². The summed E-state index contributed by atoms with van der Waals surface area (Å²) in [5, 5.41) is 2.65. The standard InChI is InChI=1S/C26H25F2N3O4/c1-34-19-12-17(13-20(15-19)35-2)16-30-10-5-11-31(26(30)33)24-7-4-3-6-23(24)29-25(32)21-9-8-18(27)14-22(21)28/h3-4,6-9,12-15H,5,10-11,16H2,1-2H3,(H,29,32). The highest BCUT2D eigenvalue weighted by molar-refractivity contribution is 6.07. The summed E-state index contributed by atoms with van der Waals surface area (Å²) in [5.41, 5.74) is 1.39. The van der Waals surface area contributed by atoms with Gasteiger partial charge in [-0.05, 0) is 48.4 Å². The maximum Gasteiger partial charge on any atom is 0.324 e. The van der Waals surface area contributed by atoms with Crippen LogP contribution in [-0.2, 0) is 6.54 Å². The first-order valence-corrected chi connectivity index (χ1v) is 11.0. The van der Waals surface area contributed by atoms with Crippen LogP contribution >= 0.6 is 0 Å². The van der Waals surface area contributed by atoms with Crippen molar-refractivity contribution in [2.24, 2.45) is 0 Å². The molecule has 3 aromatic rings. The van der Waals surface area contributed by atoms with Crippen LogP contribution in [0.3, 0.4) is 0 Å². The Hall–Kier alpha value is -4.14. The third-order valence-electron chi connectivity index (χ3n) is 5.71. The Labute approximate surface area is 201 Å². The molecule has 7 nitrogen and oxygen atoms in total. The number of methoxy groups -OCH3 is 2.